The summed E-state index contributed by atoms with van der Waals surface area (Å²) in [5.41, 5.74) is -0.373. The van der Waals surface area contributed by atoms with Crippen LogP contribution in [0.25, 0.3) is 0 Å². The van der Waals surface area contributed by atoms with Crippen molar-refractivity contribution in [2.45, 2.75) is 30.7 Å². The minimum absolute atomic E-state index is 0. The lowest BCUT2D eigenvalue weighted by Crippen LogP contribution is -2.44. The number of hydrogen-bond acceptors (Lipinski definition) is 6. The van der Waals surface area contributed by atoms with E-state index in [1.807, 2.05) is 6.92 Å². The monoisotopic (exact) mass is 379 g/mol. The smallest absolute Gasteiger partial charge is 0.312 e. The molecule has 1 heterocycles. The largest absolute Gasteiger partial charge is 0.490 e. The number of rotatable bonds is 6. The van der Waals surface area contributed by atoms with E-state index >= 15 is 0 Å². The summed E-state index contributed by atoms with van der Waals surface area (Å²) in [6.07, 6.45) is 1.95. The summed E-state index contributed by atoms with van der Waals surface area (Å²) in [6.45, 7) is 3.51. The highest BCUT2D eigenvalue weighted by molar-refractivity contribution is 7.89. The molecule has 1 saturated heterocycles. The fraction of sp³-hybridized carbons (Fsp3) is 0.571. The van der Waals surface area contributed by atoms with E-state index in [4.69, 9.17) is 4.74 Å². The Balaban J connectivity index is 0.00000288. The predicted octanol–water partition coefficient (Wildman–Crippen LogP) is 1.69. The average molecular weight is 380 g/mol. The molecule has 0 aromatic heterocycles. The number of halogens is 1. The molecule has 136 valence electrons. The SMILES string of the molecule is COc1ccc(S(=O)(=O)NC(C)C2CCCNC2)cc1[N+](=O)[O-].Cl. The molecular weight excluding hydrogens is 358 g/mol. The van der Waals surface area contributed by atoms with E-state index in [1.165, 1.54) is 19.2 Å². The van der Waals surface area contributed by atoms with Crippen molar-refractivity contribution in [3.63, 3.8) is 0 Å². The molecule has 0 spiro atoms. The first-order chi connectivity index (χ1) is 10.8. The van der Waals surface area contributed by atoms with Gasteiger partial charge in [0, 0.05) is 12.1 Å². The van der Waals surface area contributed by atoms with E-state index in [0.717, 1.165) is 32.0 Å². The zero-order valence-corrected chi connectivity index (χ0v) is 15.2. The summed E-state index contributed by atoms with van der Waals surface area (Å²) in [7, 11) is -2.53. The molecule has 0 radical (unpaired) electrons. The molecule has 10 heteroatoms. The summed E-state index contributed by atoms with van der Waals surface area (Å²) >= 11 is 0. The second-order valence-corrected chi connectivity index (χ2v) is 7.32. The lowest BCUT2D eigenvalue weighted by molar-refractivity contribution is -0.386. The third kappa shape index (κ3) is 4.79. The molecule has 1 aromatic carbocycles. The van der Waals surface area contributed by atoms with Gasteiger partial charge in [-0.3, -0.25) is 10.1 Å². The zero-order chi connectivity index (χ0) is 17.0. The Labute approximate surface area is 147 Å². The van der Waals surface area contributed by atoms with Gasteiger partial charge in [0.2, 0.25) is 10.0 Å². The summed E-state index contributed by atoms with van der Waals surface area (Å²) in [4.78, 5) is 10.2. The van der Waals surface area contributed by atoms with Gasteiger partial charge in [-0.15, -0.1) is 12.4 Å². The van der Waals surface area contributed by atoms with Crippen LogP contribution in [0, 0.1) is 16.0 Å². The van der Waals surface area contributed by atoms with Crippen LogP contribution in [0.5, 0.6) is 5.75 Å². The van der Waals surface area contributed by atoms with Gasteiger partial charge >= 0.3 is 5.69 Å². The number of nitrogens with zero attached hydrogens (tertiary/aromatic N) is 1. The molecule has 2 rings (SSSR count). The van der Waals surface area contributed by atoms with Crippen LogP contribution in [0.3, 0.4) is 0 Å². The zero-order valence-electron chi connectivity index (χ0n) is 13.5. The van der Waals surface area contributed by atoms with E-state index in [2.05, 4.69) is 10.0 Å². The van der Waals surface area contributed by atoms with Gasteiger partial charge < -0.3 is 10.1 Å². The lowest BCUT2D eigenvalue weighted by atomic mass is 9.94. The topological polar surface area (TPSA) is 111 Å². The highest BCUT2D eigenvalue weighted by atomic mass is 35.5. The van der Waals surface area contributed by atoms with Crippen LogP contribution in [0.15, 0.2) is 23.1 Å². The van der Waals surface area contributed by atoms with Crippen LogP contribution in [0.1, 0.15) is 19.8 Å². The van der Waals surface area contributed by atoms with Gasteiger partial charge in [0.1, 0.15) is 0 Å². The van der Waals surface area contributed by atoms with Gasteiger partial charge in [0.15, 0.2) is 5.75 Å². The molecule has 2 atom stereocenters. The third-order valence-corrected chi connectivity index (χ3v) is 5.60. The van der Waals surface area contributed by atoms with Crippen molar-refractivity contribution in [1.29, 1.82) is 0 Å². The molecule has 8 nitrogen and oxygen atoms in total. The van der Waals surface area contributed by atoms with E-state index in [9.17, 15) is 18.5 Å². The molecule has 0 bridgehead atoms. The quantitative estimate of drug-likeness (QED) is 0.574. The van der Waals surface area contributed by atoms with Gasteiger partial charge in [-0.2, -0.15) is 0 Å². The Kier molecular flexibility index (Phi) is 7.40. The van der Waals surface area contributed by atoms with Crippen LogP contribution in [-0.2, 0) is 10.0 Å². The molecule has 0 amide bonds. The van der Waals surface area contributed by atoms with Crippen molar-refractivity contribution in [1.82, 2.24) is 10.0 Å². The minimum Gasteiger partial charge on any atom is -0.490 e. The fourth-order valence-electron chi connectivity index (χ4n) is 2.69. The molecule has 1 fully saturated rings. The molecule has 2 N–H and O–H groups in total. The molecule has 1 aromatic rings. The maximum atomic E-state index is 12.5. The lowest BCUT2D eigenvalue weighted by Gasteiger charge is -2.28. The van der Waals surface area contributed by atoms with Gasteiger partial charge in [-0.25, -0.2) is 13.1 Å². The van der Waals surface area contributed by atoms with Crippen molar-refractivity contribution in [2.75, 3.05) is 20.2 Å². The van der Waals surface area contributed by atoms with Gasteiger partial charge in [-0.1, -0.05) is 0 Å². The number of hydrogen-bond donors (Lipinski definition) is 2. The summed E-state index contributed by atoms with van der Waals surface area (Å²) in [5, 5.41) is 14.3. The highest BCUT2D eigenvalue weighted by Crippen LogP contribution is 2.29. The van der Waals surface area contributed by atoms with Crippen molar-refractivity contribution in [3.8, 4) is 5.75 Å². The molecule has 1 aliphatic rings. The highest BCUT2D eigenvalue weighted by Gasteiger charge is 2.27. The van der Waals surface area contributed by atoms with Crippen LogP contribution < -0.4 is 14.8 Å². The number of benzene rings is 1. The summed E-state index contributed by atoms with van der Waals surface area (Å²) in [6, 6.07) is 3.36. The fourth-order valence-corrected chi connectivity index (χ4v) is 4.03. The van der Waals surface area contributed by atoms with Gasteiger partial charge in [0.05, 0.1) is 16.9 Å². The van der Waals surface area contributed by atoms with Crippen molar-refractivity contribution < 1.29 is 18.1 Å². The maximum absolute atomic E-state index is 12.5. The first-order valence-electron chi connectivity index (χ1n) is 7.40. The van der Waals surface area contributed by atoms with E-state index in [0.29, 0.717) is 0 Å². The maximum Gasteiger partial charge on any atom is 0.312 e. The molecule has 0 aliphatic carbocycles. The Morgan fingerprint density at radius 3 is 2.71 bits per heavy atom. The van der Waals surface area contributed by atoms with Crippen LogP contribution >= 0.6 is 12.4 Å². The van der Waals surface area contributed by atoms with Gasteiger partial charge in [0.25, 0.3) is 0 Å². The molecule has 24 heavy (non-hydrogen) atoms. The van der Waals surface area contributed by atoms with Crippen LogP contribution in [-0.4, -0.2) is 39.6 Å². The van der Waals surface area contributed by atoms with Crippen LogP contribution in [0.2, 0.25) is 0 Å². The van der Waals surface area contributed by atoms with Crippen LogP contribution in [0.4, 0.5) is 5.69 Å². The number of sulfonamides is 1. The number of ether oxygens (including phenoxy) is 1. The van der Waals surface area contributed by atoms with Crippen molar-refractivity contribution >= 4 is 28.1 Å². The number of methoxy groups -OCH3 is 1. The predicted molar refractivity (Wildman–Crippen MR) is 92.3 cm³/mol. The van der Waals surface area contributed by atoms with Gasteiger partial charge in [-0.05, 0) is 50.9 Å². The Hall–Kier alpha value is -1.42. The average Bonchev–Trinajstić information content (AvgIpc) is 2.54. The van der Waals surface area contributed by atoms with E-state index < -0.39 is 14.9 Å². The standard InChI is InChI=1S/C14H21N3O5S.ClH/c1-10(11-4-3-7-15-9-11)16-23(20,21)12-5-6-14(22-2)13(8-12)17(18)19;/h5-6,8,10-11,15-16H,3-4,7,9H2,1-2H3;1H. The number of nitro benzene ring substituents is 1. The number of piperidine rings is 1. The Morgan fingerprint density at radius 1 is 1.46 bits per heavy atom. The van der Waals surface area contributed by atoms with Crippen molar-refractivity contribution in [3.05, 3.63) is 28.3 Å². The number of nitrogens with one attached hydrogen (secondary N) is 2. The second kappa shape index (κ2) is 8.61. The minimum atomic E-state index is -3.83. The molecule has 0 saturated carbocycles. The number of nitro groups is 1. The Morgan fingerprint density at radius 2 is 2.17 bits per heavy atom. The molecule has 2 unspecified atom stereocenters. The Bertz CT molecular complexity index is 677. The van der Waals surface area contributed by atoms with E-state index in [-0.39, 0.29) is 40.7 Å². The first-order valence-corrected chi connectivity index (χ1v) is 8.89. The first kappa shape index (κ1) is 20.6. The molecule has 1 aliphatic heterocycles. The normalized spacial score (nSPS) is 19.2. The summed E-state index contributed by atoms with van der Waals surface area (Å²) in [5.74, 6) is 0.227. The molecular formula is C14H22ClN3O5S. The van der Waals surface area contributed by atoms with Crippen molar-refractivity contribution in [2.24, 2.45) is 5.92 Å². The second-order valence-electron chi connectivity index (χ2n) is 5.61. The van der Waals surface area contributed by atoms with E-state index in [1.54, 1.807) is 0 Å². The third-order valence-electron chi connectivity index (χ3n) is 4.04. The summed E-state index contributed by atoms with van der Waals surface area (Å²) < 4.78 is 32.4.